The number of aromatic nitrogens is 3. The van der Waals surface area contributed by atoms with Crippen LogP contribution in [0, 0.1) is 13.8 Å². The van der Waals surface area contributed by atoms with Crippen molar-refractivity contribution in [3.63, 3.8) is 0 Å². The molecule has 4 aromatic rings. The Morgan fingerprint density at radius 3 is 2.57 bits per heavy atom. The maximum Gasteiger partial charge on any atom is 0.257 e. The molecule has 0 aliphatic heterocycles. The molecule has 0 spiro atoms. The average molecular weight is 417 g/mol. The van der Waals surface area contributed by atoms with Crippen molar-refractivity contribution in [2.24, 2.45) is 0 Å². The molecule has 0 unspecified atom stereocenters. The predicted octanol–water partition coefficient (Wildman–Crippen LogP) is 4.28. The van der Waals surface area contributed by atoms with Crippen LogP contribution in [0.1, 0.15) is 27.2 Å². The zero-order valence-electron chi connectivity index (χ0n) is 16.6. The monoisotopic (exact) mass is 416 g/mol. The van der Waals surface area contributed by atoms with Crippen LogP contribution in [0.4, 0.5) is 5.13 Å². The minimum absolute atomic E-state index is 0.231. The Kier molecular flexibility index (Phi) is 5.54. The molecule has 1 aromatic carbocycles. The fourth-order valence-corrected chi connectivity index (χ4v) is 3.85. The number of amides is 1. The summed E-state index contributed by atoms with van der Waals surface area (Å²) in [7, 11) is 0. The molecule has 0 aliphatic carbocycles. The normalized spacial score (nSPS) is 10.7. The molecule has 0 saturated heterocycles. The van der Waals surface area contributed by atoms with Crippen molar-refractivity contribution in [1.82, 2.24) is 14.5 Å². The maximum absolute atomic E-state index is 12.6. The van der Waals surface area contributed by atoms with Gasteiger partial charge in [-0.2, -0.15) is 0 Å². The molecule has 4 rings (SSSR count). The Labute approximate surface area is 177 Å². The Morgan fingerprint density at radius 2 is 1.83 bits per heavy atom. The van der Waals surface area contributed by atoms with E-state index in [2.05, 4.69) is 15.3 Å². The van der Waals surface area contributed by atoms with Gasteiger partial charge in [-0.25, -0.2) is 4.98 Å². The number of carbonyl (C=O) groups excluding carboxylic acids is 1. The molecule has 3 aromatic heterocycles. The van der Waals surface area contributed by atoms with Crippen LogP contribution in [-0.2, 0) is 6.54 Å². The molecular formula is C23H20N4O2S. The van der Waals surface area contributed by atoms with Crippen LogP contribution in [0.2, 0.25) is 0 Å². The lowest BCUT2D eigenvalue weighted by Crippen LogP contribution is -2.22. The largest absolute Gasteiger partial charge is 0.311 e. The third-order valence-corrected chi connectivity index (χ3v) is 5.30. The highest BCUT2D eigenvalue weighted by molar-refractivity contribution is 7.14. The Balaban J connectivity index is 1.48. The van der Waals surface area contributed by atoms with Crippen molar-refractivity contribution in [3.05, 3.63) is 98.9 Å². The molecule has 1 amide bonds. The van der Waals surface area contributed by atoms with Gasteiger partial charge in [0.05, 0.1) is 12.2 Å². The van der Waals surface area contributed by atoms with E-state index in [0.29, 0.717) is 22.9 Å². The van der Waals surface area contributed by atoms with Gasteiger partial charge in [-0.3, -0.25) is 19.9 Å². The molecule has 1 N–H and O–H groups in total. The molecule has 0 radical (unpaired) electrons. The van der Waals surface area contributed by atoms with Crippen molar-refractivity contribution in [3.8, 4) is 11.4 Å². The van der Waals surface area contributed by atoms with E-state index < -0.39 is 0 Å². The quantitative estimate of drug-likeness (QED) is 0.527. The highest BCUT2D eigenvalue weighted by atomic mass is 32.1. The number of nitrogens with one attached hydrogen (secondary N) is 1. The minimum Gasteiger partial charge on any atom is -0.311 e. The van der Waals surface area contributed by atoms with Gasteiger partial charge in [0, 0.05) is 28.9 Å². The summed E-state index contributed by atoms with van der Waals surface area (Å²) in [5.74, 6) is -0.367. The molecule has 150 valence electrons. The standard InChI is InChI=1S/C23H20N4O2S/c1-15-10-16(2)24-19(11-15)20-14-30-23(25-20)26-22(29)18-8-9-27(21(28)12-18)13-17-6-4-3-5-7-17/h3-12,14H,13H2,1-2H3,(H,25,26,29). The summed E-state index contributed by atoms with van der Waals surface area (Å²) in [5, 5.41) is 5.08. The van der Waals surface area contributed by atoms with E-state index in [0.717, 1.165) is 22.5 Å². The van der Waals surface area contributed by atoms with Crippen LogP contribution in [0.3, 0.4) is 0 Å². The van der Waals surface area contributed by atoms with E-state index in [4.69, 9.17) is 0 Å². The summed E-state index contributed by atoms with van der Waals surface area (Å²) in [6.45, 7) is 4.40. The fraction of sp³-hybridized carbons (Fsp3) is 0.130. The Bertz CT molecular complexity index is 1240. The van der Waals surface area contributed by atoms with Gasteiger partial charge in [-0.15, -0.1) is 11.3 Å². The lowest BCUT2D eigenvalue weighted by Gasteiger charge is -2.07. The number of anilines is 1. The summed E-state index contributed by atoms with van der Waals surface area (Å²) in [6, 6.07) is 16.6. The van der Waals surface area contributed by atoms with E-state index in [-0.39, 0.29) is 11.5 Å². The van der Waals surface area contributed by atoms with Crippen molar-refractivity contribution in [1.29, 1.82) is 0 Å². The smallest absolute Gasteiger partial charge is 0.257 e. The van der Waals surface area contributed by atoms with Crippen LogP contribution < -0.4 is 10.9 Å². The number of thiazole rings is 1. The van der Waals surface area contributed by atoms with E-state index in [1.807, 2.05) is 61.7 Å². The highest BCUT2D eigenvalue weighted by Crippen LogP contribution is 2.24. The number of hydrogen-bond donors (Lipinski definition) is 1. The van der Waals surface area contributed by atoms with Crippen LogP contribution >= 0.6 is 11.3 Å². The number of hydrogen-bond acceptors (Lipinski definition) is 5. The van der Waals surface area contributed by atoms with Gasteiger partial charge < -0.3 is 4.57 Å². The molecule has 30 heavy (non-hydrogen) atoms. The van der Waals surface area contributed by atoms with E-state index in [1.165, 1.54) is 17.4 Å². The van der Waals surface area contributed by atoms with E-state index >= 15 is 0 Å². The number of pyridine rings is 2. The zero-order valence-corrected chi connectivity index (χ0v) is 17.4. The first-order valence-electron chi connectivity index (χ1n) is 9.45. The number of aryl methyl sites for hydroxylation is 2. The van der Waals surface area contributed by atoms with Crippen molar-refractivity contribution >= 4 is 22.4 Å². The fourth-order valence-electron chi connectivity index (χ4n) is 3.15. The van der Waals surface area contributed by atoms with Crippen LogP contribution in [0.25, 0.3) is 11.4 Å². The van der Waals surface area contributed by atoms with Gasteiger partial charge in [0.2, 0.25) is 0 Å². The molecule has 3 heterocycles. The summed E-state index contributed by atoms with van der Waals surface area (Å²) < 4.78 is 1.57. The molecule has 0 saturated carbocycles. The second kappa shape index (κ2) is 8.42. The van der Waals surface area contributed by atoms with Gasteiger partial charge in [0.25, 0.3) is 11.5 Å². The summed E-state index contributed by atoms with van der Waals surface area (Å²) in [4.78, 5) is 34.0. The first kappa shape index (κ1) is 19.7. The van der Waals surface area contributed by atoms with Crippen LogP contribution in [0.5, 0.6) is 0 Å². The topological polar surface area (TPSA) is 76.9 Å². The Morgan fingerprint density at radius 1 is 1.03 bits per heavy atom. The highest BCUT2D eigenvalue weighted by Gasteiger charge is 2.12. The molecule has 7 heteroatoms. The number of nitrogens with zero attached hydrogens (tertiary/aromatic N) is 3. The second-order valence-corrected chi connectivity index (χ2v) is 7.89. The zero-order chi connectivity index (χ0) is 21.1. The number of benzene rings is 1. The van der Waals surface area contributed by atoms with Gasteiger partial charge in [-0.05, 0) is 43.2 Å². The van der Waals surface area contributed by atoms with Crippen molar-refractivity contribution < 1.29 is 4.79 Å². The lowest BCUT2D eigenvalue weighted by molar-refractivity contribution is 0.102. The first-order chi connectivity index (χ1) is 14.5. The predicted molar refractivity (Wildman–Crippen MR) is 119 cm³/mol. The summed E-state index contributed by atoms with van der Waals surface area (Å²) >= 11 is 1.32. The molecule has 0 aliphatic rings. The second-order valence-electron chi connectivity index (χ2n) is 7.03. The first-order valence-corrected chi connectivity index (χ1v) is 10.3. The summed E-state index contributed by atoms with van der Waals surface area (Å²) in [6.07, 6.45) is 1.64. The van der Waals surface area contributed by atoms with Gasteiger partial charge in [-0.1, -0.05) is 30.3 Å². The molecular weight excluding hydrogens is 396 g/mol. The lowest BCUT2D eigenvalue weighted by atomic mass is 10.2. The van der Waals surface area contributed by atoms with Gasteiger partial charge >= 0.3 is 0 Å². The van der Waals surface area contributed by atoms with Crippen LogP contribution in [0.15, 0.2) is 71.0 Å². The average Bonchev–Trinajstić information content (AvgIpc) is 3.18. The molecule has 0 fully saturated rings. The van der Waals surface area contributed by atoms with Gasteiger partial charge in [0.1, 0.15) is 5.69 Å². The molecule has 0 atom stereocenters. The van der Waals surface area contributed by atoms with E-state index in [9.17, 15) is 9.59 Å². The van der Waals surface area contributed by atoms with Crippen LogP contribution in [-0.4, -0.2) is 20.4 Å². The summed E-state index contributed by atoms with van der Waals surface area (Å²) in [5.41, 5.74) is 4.59. The number of rotatable bonds is 5. The third kappa shape index (κ3) is 4.52. The maximum atomic E-state index is 12.6. The third-order valence-electron chi connectivity index (χ3n) is 4.54. The Hall–Kier alpha value is -3.58. The molecule has 0 bridgehead atoms. The minimum atomic E-state index is -0.367. The number of carbonyl (C=O) groups is 1. The van der Waals surface area contributed by atoms with E-state index in [1.54, 1.807) is 16.8 Å². The SMILES string of the molecule is Cc1cc(C)nc(-c2csc(NC(=O)c3ccn(Cc4ccccc4)c(=O)c3)n2)c1. The van der Waals surface area contributed by atoms with Gasteiger partial charge in [0.15, 0.2) is 5.13 Å². The van der Waals surface area contributed by atoms with Crippen molar-refractivity contribution in [2.75, 3.05) is 5.32 Å². The van der Waals surface area contributed by atoms with Crippen molar-refractivity contribution in [2.45, 2.75) is 20.4 Å². The molecule has 6 nitrogen and oxygen atoms in total.